The van der Waals surface area contributed by atoms with Crippen LogP contribution in [0.2, 0.25) is 10.0 Å². The second-order valence-corrected chi connectivity index (χ2v) is 11.6. The number of carboxylic acid groups (broad SMARTS) is 1. The number of carbonyl (C=O) groups excluding carboxylic acids is 2. The van der Waals surface area contributed by atoms with E-state index in [0.717, 1.165) is 11.8 Å². The Kier molecular flexibility index (Phi) is 8.66. The van der Waals surface area contributed by atoms with Crippen LogP contribution in [0.1, 0.15) is 15.9 Å². The molecule has 2 heterocycles. The van der Waals surface area contributed by atoms with Gasteiger partial charge in [0.2, 0.25) is 5.91 Å². The van der Waals surface area contributed by atoms with Gasteiger partial charge in [0.25, 0.3) is 5.91 Å². The minimum Gasteiger partial charge on any atom is -0.478 e. The van der Waals surface area contributed by atoms with Crippen LogP contribution in [0.5, 0.6) is 0 Å². The fourth-order valence-corrected chi connectivity index (χ4v) is 5.90. The van der Waals surface area contributed by atoms with Crippen LogP contribution in [0, 0.1) is 0 Å². The lowest BCUT2D eigenvalue weighted by atomic mass is 10.0. The van der Waals surface area contributed by atoms with Crippen molar-refractivity contribution >= 4 is 86.3 Å². The first-order valence-electron chi connectivity index (χ1n) is 13.6. The maximum Gasteiger partial charge on any atom is 0.336 e. The quantitative estimate of drug-likeness (QED) is 0.172. The van der Waals surface area contributed by atoms with Crippen molar-refractivity contribution in [3.8, 4) is 11.3 Å². The summed E-state index contributed by atoms with van der Waals surface area (Å²) in [6.45, 7) is 0. The van der Waals surface area contributed by atoms with Gasteiger partial charge in [-0.2, -0.15) is 0 Å². The molecule has 4 aromatic carbocycles. The third kappa shape index (κ3) is 6.46. The van der Waals surface area contributed by atoms with E-state index < -0.39 is 5.97 Å². The van der Waals surface area contributed by atoms with E-state index in [4.69, 9.17) is 23.2 Å². The Hall–Kier alpha value is -4.96. The number of pyridine rings is 1. The summed E-state index contributed by atoms with van der Waals surface area (Å²) < 4.78 is 0. The summed E-state index contributed by atoms with van der Waals surface area (Å²) in [6, 6.07) is 29.8. The highest BCUT2D eigenvalue weighted by atomic mass is 35.5. The van der Waals surface area contributed by atoms with Crippen molar-refractivity contribution in [1.29, 1.82) is 0 Å². The molecule has 2 N–H and O–H groups in total. The molecule has 0 atom stereocenters. The zero-order chi connectivity index (χ0) is 31.5. The van der Waals surface area contributed by atoms with Gasteiger partial charge in [0.05, 0.1) is 38.3 Å². The topological polar surface area (TPSA) is 112 Å². The summed E-state index contributed by atoms with van der Waals surface area (Å²) in [5, 5.41) is 14.1. The van der Waals surface area contributed by atoms with Crippen molar-refractivity contribution in [2.24, 2.45) is 4.99 Å². The number of anilines is 2. The molecule has 1 aromatic heterocycles. The normalized spacial score (nSPS) is 13.7. The number of halogens is 2. The molecule has 0 fully saturated rings. The van der Waals surface area contributed by atoms with Crippen molar-refractivity contribution in [3.63, 3.8) is 0 Å². The number of amides is 2. The molecule has 1 aliphatic rings. The lowest BCUT2D eigenvalue weighted by Gasteiger charge is -2.17. The number of fused-ring (bicyclic) bond motifs is 1. The molecule has 11 heteroatoms. The average molecular weight is 654 g/mol. The van der Waals surface area contributed by atoms with Gasteiger partial charge in [-0.05, 0) is 54.1 Å². The number of hydrogen-bond donors (Lipinski definition) is 2. The number of nitrogens with zero attached hydrogens (tertiary/aromatic N) is 3. The van der Waals surface area contributed by atoms with Crippen LogP contribution in [0.3, 0.4) is 0 Å². The second kappa shape index (κ2) is 13.0. The van der Waals surface area contributed by atoms with Crippen molar-refractivity contribution in [3.05, 3.63) is 130 Å². The van der Waals surface area contributed by atoms with Crippen molar-refractivity contribution in [1.82, 2.24) is 4.98 Å². The summed E-state index contributed by atoms with van der Waals surface area (Å²) in [5.41, 5.74) is 3.82. The van der Waals surface area contributed by atoms with Gasteiger partial charge in [0.15, 0.2) is 5.17 Å². The zero-order valence-corrected chi connectivity index (χ0v) is 25.6. The summed E-state index contributed by atoms with van der Waals surface area (Å²) in [4.78, 5) is 48.9. The molecular weight excluding hydrogens is 631 g/mol. The predicted octanol–water partition coefficient (Wildman–Crippen LogP) is 8.02. The smallest absolute Gasteiger partial charge is 0.336 e. The lowest BCUT2D eigenvalue weighted by molar-refractivity contribution is -0.114. The first-order chi connectivity index (χ1) is 21.8. The Bertz CT molecular complexity index is 2030. The number of para-hydroxylation sites is 2. The molecule has 2 amide bonds. The molecule has 0 saturated carbocycles. The molecule has 0 aliphatic carbocycles. The van der Waals surface area contributed by atoms with Gasteiger partial charge in [-0.3, -0.25) is 14.5 Å². The molecule has 0 unspecified atom stereocenters. The fraction of sp³-hybridized carbons (Fsp3) is 0.0294. The molecule has 0 bridgehead atoms. The fourth-order valence-electron chi connectivity index (χ4n) is 4.73. The minimum atomic E-state index is -1.04. The molecule has 6 rings (SSSR count). The molecular formula is C34H22Cl2N4O4S. The molecule has 1 aliphatic heterocycles. The number of thioether (sulfide) groups is 1. The zero-order valence-electron chi connectivity index (χ0n) is 23.3. The van der Waals surface area contributed by atoms with E-state index in [1.54, 1.807) is 91.0 Å². The summed E-state index contributed by atoms with van der Waals surface area (Å²) in [5.74, 6) is -1.71. The average Bonchev–Trinajstić information content (AvgIpc) is 3.36. The van der Waals surface area contributed by atoms with Gasteiger partial charge in [-0.15, -0.1) is 0 Å². The standard InChI is InChI=1S/C34H22Cl2N4O4S/c35-26-11-6-7-21(31(26)36)17-29-32(42)40(23-8-2-1-3-9-23)34(39-29)45-19-30(41)37-22-15-13-20(14-16-22)28-18-25(33(43)44)24-10-4-5-12-27(24)38-28/h1-18H,19H2,(H,37,41)(H,43,44)/b29-17-. The van der Waals surface area contributed by atoms with Crippen LogP contribution < -0.4 is 10.2 Å². The number of nitrogens with one attached hydrogen (secondary N) is 1. The number of aliphatic imine (C=N–C) groups is 1. The number of aromatic nitrogens is 1. The first-order valence-corrected chi connectivity index (χ1v) is 15.3. The Morgan fingerprint density at radius 2 is 1.64 bits per heavy atom. The van der Waals surface area contributed by atoms with E-state index in [9.17, 15) is 19.5 Å². The number of benzene rings is 4. The van der Waals surface area contributed by atoms with Gasteiger partial charge in [0, 0.05) is 16.6 Å². The van der Waals surface area contributed by atoms with Gasteiger partial charge in [-0.1, -0.05) is 95.6 Å². The summed E-state index contributed by atoms with van der Waals surface area (Å²) in [6.07, 6.45) is 1.57. The minimum absolute atomic E-state index is 0.0173. The van der Waals surface area contributed by atoms with Crippen LogP contribution in [-0.2, 0) is 9.59 Å². The molecule has 8 nitrogen and oxygen atoms in total. The number of carboxylic acids is 1. The number of aromatic carboxylic acids is 1. The molecule has 222 valence electrons. The number of carbonyl (C=O) groups is 3. The predicted molar refractivity (Wildman–Crippen MR) is 181 cm³/mol. The molecule has 0 radical (unpaired) electrons. The van der Waals surface area contributed by atoms with Gasteiger partial charge < -0.3 is 10.4 Å². The van der Waals surface area contributed by atoms with E-state index in [1.807, 2.05) is 18.2 Å². The highest BCUT2D eigenvalue weighted by Crippen LogP contribution is 2.32. The van der Waals surface area contributed by atoms with Crippen LogP contribution in [0.4, 0.5) is 11.4 Å². The lowest BCUT2D eigenvalue weighted by Crippen LogP contribution is -2.31. The highest BCUT2D eigenvalue weighted by molar-refractivity contribution is 8.14. The van der Waals surface area contributed by atoms with Crippen LogP contribution in [-0.4, -0.2) is 38.8 Å². The molecule has 0 saturated heterocycles. The Morgan fingerprint density at radius 1 is 0.911 bits per heavy atom. The van der Waals surface area contributed by atoms with Gasteiger partial charge in [0.1, 0.15) is 5.70 Å². The third-order valence-corrected chi connectivity index (χ3v) is 8.63. The van der Waals surface area contributed by atoms with E-state index in [1.165, 1.54) is 4.90 Å². The second-order valence-electron chi connectivity index (χ2n) is 9.83. The number of rotatable bonds is 7. The van der Waals surface area contributed by atoms with Crippen LogP contribution in [0.15, 0.2) is 114 Å². The van der Waals surface area contributed by atoms with Crippen molar-refractivity contribution in [2.75, 3.05) is 16.0 Å². The highest BCUT2D eigenvalue weighted by Gasteiger charge is 2.32. The van der Waals surface area contributed by atoms with Crippen LogP contribution in [0.25, 0.3) is 28.2 Å². The SMILES string of the molecule is O=C(CSC1=N/C(=C\c2cccc(Cl)c2Cl)C(=O)N1c1ccccc1)Nc1ccc(-c2cc(C(=O)O)c3ccccc3n2)cc1. The first kappa shape index (κ1) is 30.1. The Labute approximate surface area is 272 Å². The summed E-state index contributed by atoms with van der Waals surface area (Å²) in [7, 11) is 0. The largest absolute Gasteiger partial charge is 0.478 e. The molecule has 0 spiro atoms. The van der Waals surface area contributed by atoms with Crippen LogP contribution >= 0.6 is 35.0 Å². The maximum absolute atomic E-state index is 13.4. The maximum atomic E-state index is 13.4. The third-order valence-electron chi connectivity index (χ3n) is 6.86. The molecule has 5 aromatic rings. The Balaban J connectivity index is 1.18. The van der Waals surface area contributed by atoms with E-state index >= 15 is 0 Å². The number of amidine groups is 1. The molecule has 45 heavy (non-hydrogen) atoms. The summed E-state index contributed by atoms with van der Waals surface area (Å²) >= 11 is 13.6. The van der Waals surface area contributed by atoms with Crippen molar-refractivity contribution < 1.29 is 19.5 Å². The monoisotopic (exact) mass is 652 g/mol. The number of hydrogen-bond acceptors (Lipinski definition) is 6. The van der Waals surface area contributed by atoms with E-state index in [2.05, 4.69) is 15.3 Å². The van der Waals surface area contributed by atoms with Crippen molar-refractivity contribution in [2.45, 2.75) is 0 Å². The van der Waals surface area contributed by atoms with E-state index in [-0.39, 0.29) is 28.8 Å². The van der Waals surface area contributed by atoms with Gasteiger partial charge >= 0.3 is 5.97 Å². The Morgan fingerprint density at radius 3 is 2.40 bits per heavy atom. The van der Waals surface area contributed by atoms with E-state index in [0.29, 0.717) is 54.3 Å². The van der Waals surface area contributed by atoms with Gasteiger partial charge in [-0.25, -0.2) is 14.8 Å².